The lowest BCUT2D eigenvalue weighted by atomic mass is 9.89. The SMILES string of the molecule is CC[C@H](C)C([C@@H](CC(=O)N1CCC[C@H]1[C@H](OC)[C@H](C)C(=O)N[C@@H](C)[C@H](O)c1ccccc1)OC)N(C)C(=O)C(NC(=O)[C@H](C(C)C)N(C)C(=O)OC(CN)c1ccc(NC(=O)[C@H](C)NC(=O)[C@@H](NC(C)=O)C(C)C)cc1)C(C)C. The molecule has 1 fully saturated rings. The van der Waals surface area contributed by atoms with Crippen LogP contribution in [0.15, 0.2) is 54.6 Å². The molecule has 13 atom stereocenters. The van der Waals surface area contributed by atoms with Crippen molar-refractivity contribution in [2.24, 2.45) is 35.3 Å². The molecule has 0 saturated carbocycles. The van der Waals surface area contributed by atoms with E-state index in [0.29, 0.717) is 42.6 Å². The summed E-state index contributed by atoms with van der Waals surface area (Å²) < 4.78 is 17.9. The fourth-order valence-corrected chi connectivity index (χ4v) is 10.3. The van der Waals surface area contributed by atoms with E-state index in [0.717, 1.165) is 0 Å². The van der Waals surface area contributed by atoms with Crippen LogP contribution in [0.3, 0.4) is 0 Å². The molecule has 0 spiro atoms. The molecule has 0 aliphatic carbocycles. The summed E-state index contributed by atoms with van der Waals surface area (Å²) in [5, 5.41) is 24.8. The van der Waals surface area contributed by atoms with Crippen molar-refractivity contribution in [1.82, 2.24) is 36.0 Å². The highest BCUT2D eigenvalue weighted by atomic mass is 16.6. The second kappa shape index (κ2) is 31.6. The lowest BCUT2D eigenvalue weighted by Gasteiger charge is -2.41. The first-order chi connectivity index (χ1) is 37.1. The summed E-state index contributed by atoms with van der Waals surface area (Å²) in [6.45, 7) is 21.3. The van der Waals surface area contributed by atoms with Crippen LogP contribution < -0.4 is 32.3 Å². The number of ether oxygens (including phenoxy) is 3. The van der Waals surface area contributed by atoms with Gasteiger partial charge in [-0.2, -0.15) is 0 Å². The van der Waals surface area contributed by atoms with Crippen molar-refractivity contribution < 1.29 is 57.7 Å². The Bertz CT molecular complexity index is 2320. The van der Waals surface area contributed by atoms with Gasteiger partial charge in [-0.1, -0.05) is 111 Å². The van der Waals surface area contributed by atoms with Gasteiger partial charge in [-0.3, -0.25) is 38.5 Å². The van der Waals surface area contributed by atoms with E-state index in [2.05, 4.69) is 26.6 Å². The number of aliphatic hydroxyl groups excluding tert-OH is 1. The molecule has 21 nitrogen and oxygen atoms in total. The summed E-state index contributed by atoms with van der Waals surface area (Å²) in [6, 6.07) is 9.99. The normalized spacial score (nSPS) is 18.1. The van der Waals surface area contributed by atoms with Crippen molar-refractivity contribution in [3.63, 3.8) is 0 Å². The van der Waals surface area contributed by atoms with Crippen LogP contribution in [-0.2, 0) is 47.8 Å². The van der Waals surface area contributed by atoms with Gasteiger partial charge in [0.15, 0.2) is 0 Å². The standard InChI is InChI=1S/C58H93N9O12/c1-17-35(8)50(44(77-15)30-46(69)67-29-21-24-43(67)52(78-16)36(9)53(71)60-37(10)51(70)41-22-19-18-20-23-41)65(13)57(75)48(33(4)5)64-56(74)49(34(6)7)66(14)58(76)79-45(31-59)40-25-27-42(28-26-40)63-54(72)38(11)61-55(73)47(32(2)3)62-39(12)68/h18-20,22-23,25-28,32-38,43-45,47-52,70H,17,21,24,29-31,59H2,1-16H3,(H,60,71)(H,61,73)(H,62,68)(H,63,72)(H,64,74)/t35-,36-,37-,38-,43-,44+,45?,47-,48?,49-,50?,51-,52+/m0/s1. The number of nitrogens with one attached hydrogen (secondary N) is 5. The number of likely N-dealkylation sites (N-methyl/N-ethyl adjacent to an activating group) is 2. The molecular weight excluding hydrogens is 1010 g/mol. The summed E-state index contributed by atoms with van der Waals surface area (Å²) in [6.07, 6.45) is -2.29. The van der Waals surface area contributed by atoms with Gasteiger partial charge in [-0.05, 0) is 73.6 Å². The highest BCUT2D eigenvalue weighted by molar-refractivity contribution is 5.98. The molecule has 0 radical (unpaired) electrons. The molecule has 3 rings (SSSR count). The summed E-state index contributed by atoms with van der Waals surface area (Å²) in [5.41, 5.74) is 7.68. The molecule has 1 heterocycles. The predicted molar refractivity (Wildman–Crippen MR) is 302 cm³/mol. The van der Waals surface area contributed by atoms with Gasteiger partial charge in [-0.15, -0.1) is 0 Å². The summed E-state index contributed by atoms with van der Waals surface area (Å²) in [4.78, 5) is 113. The largest absolute Gasteiger partial charge is 0.440 e. The Kier molecular flexibility index (Phi) is 26.8. The maximum atomic E-state index is 14.8. The first kappa shape index (κ1) is 67.1. The first-order valence-electron chi connectivity index (χ1n) is 27.7. The number of nitrogens with zero attached hydrogens (tertiary/aromatic N) is 3. The fourth-order valence-electron chi connectivity index (χ4n) is 10.3. The molecule has 2 aromatic rings. The van der Waals surface area contributed by atoms with E-state index < -0.39 is 114 Å². The second-order valence-corrected chi connectivity index (χ2v) is 22.1. The molecule has 0 bridgehead atoms. The molecule has 1 saturated heterocycles. The van der Waals surface area contributed by atoms with Gasteiger partial charge in [0, 0.05) is 54.0 Å². The number of carbonyl (C=O) groups is 8. The summed E-state index contributed by atoms with van der Waals surface area (Å²) in [5.74, 6) is -4.81. The van der Waals surface area contributed by atoms with Crippen molar-refractivity contribution in [3.05, 3.63) is 65.7 Å². The minimum absolute atomic E-state index is 0.0787. The molecule has 442 valence electrons. The number of hydrogen-bond acceptors (Lipinski definition) is 13. The van der Waals surface area contributed by atoms with Gasteiger partial charge in [0.05, 0.1) is 48.8 Å². The topological polar surface area (TPSA) is 280 Å². The molecule has 1 aliphatic rings. The number of methoxy groups -OCH3 is 2. The van der Waals surface area contributed by atoms with Crippen molar-refractivity contribution in [1.29, 1.82) is 0 Å². The number of carbonyl (C=O) groups excluding carboxylic acids is 8. The average molecular weight is 1110 g/mol. The van der Waals surface area contributed by atoms with Crippen molar-refractivity contribution in [3.8, 4) is 0 Å². The van der Waals surface area contributed by atoms with Gasteiger partial charge >= 0.3 is 6.09 Å². The predicted octanol–water partition coefficient (Wildman–Crippen LogP) is 4.68. The zero-order chi connectivity index (χ0) is 59.6. The third-order valence-corrected chi connectivity index (χ3v) is 15.1. The van der Waals surface area contributed by atoms with E-state index in [1.165, 1.54) is 40.0 Å². The Morgan fingerprint density at radius 2 is 1.33 bits per heavy atom. The number of amides is 8. The quantitative estimate of drug-likeness (QED) is 0.0584. The van der Waals surface area contributed by atoms with E-state index in [1.54, 1.807) is 109 Å². The Morgan fingerprint density at radius 3 is 1.85 bits per heavy atom. The molecule has 0 aromatic heterocycles. The second-order valence-electron chi connectivity index (χ2n) is 22.1. The van der Waals surface area contributed by atoms with Crippen LogP contribution in [0.25, 0.3) is 0 Å². The Labute approximate surface area is 468 Å². The number of hydrogen-bond donors (Lipinski definition) is 7. The zero-order valence-electron chi connectivity index (χ0n) is 49.5. The van der Waals surface area contributed by atoms with E-state index in [-0.39, 0.29) is 42.5 Å². The summed E-state index contributed by atoms with van der Waals surface area (Å²) >= 11 is 0. The Balaban J connectivity index is 1.73. The maximum absolute atomic E-state index is 14.8. The minimum Gasteiger partial charge on any atom is -0.440 e. The van der Waals surface area contributed by atoms with Crippen LogP contribution in [0.4, 0.5) is 10.5 Å². The van der Waals surface area contributed by atoms with E-state index in [4.69, 9.17) is 19.9 Å². The van der Waals surface area contributed by atoms with Crippen molar-refractivity contribution >= 4 is 53.1 Å². The highest BCUT2D eigenvalue weighted by Crippen LogP contribution is 2.31. The van der Waals surface area contributed by atoms with Gasteiger partial charge in [0.25, 0.3) is 0 Å². The lowest BCUT2D eigenvalue weighted by Crippen LogP contribution is -2.60. The molecular formula is C58H93N9O12. The third-order valence-electron chi connectivity index (χ3n) is 15.1. The highest BCUT2D eigenvalue weighted by Gasteiger charge is 2.44. The first-order valence-corrected chi connectivity index (χ1v) is 27.7. The van der Waals surface area contributed by atoms with Gasteiger partial charge < -0.3 is 61.4 Å². The van der Waals surface area contributed by atoms with Gasteiger partial charge in [0.2, 0.25) is 41.4 Å². The number of anilines is 1. The van der Waals surface area contributed by atoms with Crippen LogP contribution >= 0.6 is 0 Å². The number of likely N-dealkylation sites (tertiary alicyclic amines) is 1. The molecule has 1 aliphatic heterocycles. The number of benzene rings is 2. The molecule has 21 heteroatoms. The van der Waals surface area contributed by atoms with Gasteiger partial charge in [-0.25, -0.2) is 4.79 Å². The van der Waals surface area contributed by atoms with Crippen molar-refractivity contribution in [2.75, 3.05) is 46.7 Å². The number of rotatable bonds is 29. The number of nitrogens with two attached hydrogens (primary N) is 1. The molecule has 8 N–H and O–H groups in total. The number of aliphatic hydroxyl groups is 1. The van der Waals surface area contributed by atoms with Gasteiger partial charge in [0.1, 0.15) is 30.3 Å². The molecule has 2 aromatic carbocycles. The monoisotopic (exact) mass is 1110 g/mol. The molecule has 8 amide bonds. The fraction of sp³-hybridized carbons (Fsp3) is 0.655. The molecule has 3 unspecified atom stereocenters. The van der Waals surface area contributed by atoms with Crippen molar-refractivity contribution in [2.45, 2.75) is 175 Å². The average Bonchev–Trinajstić information content (AvgIpc) is 3.95. The van der Waals surface area contributed by atoms with Crippen LogP contribution in [0, 0.1) is 29.6 Å². The third kappa shape index (κ3) is 18.4. The zero-order valence-corrected chi connectivity index (χ0v) is 49.5. The molecule has 79 heavy (non-hydrogen) atoms. The Morgan fingerprint density at radius 1 is 0.722 bits per heavy atom. The maximum Gasteiger partial charge on any atom is 0.410 e. The van der Waals surface area contributed by atoms with Crippen LogP contribution in [0.5, 0.6) is 0 Å². The minimum atomic E-state index is -1.09. The van der Waals surface area contributed by atoms with Crippen LogP contribution in [-0.4, -0.2) is 163 Å². The smallest absolute Gasteiger partial charge is 0.410 e. The van der Waals surface area contributed by atoms with E-state index >= 15 is 0 Å². The lowest BCUT2D eigenvalue weighted by molar-refractivity contribution is -0.148. The van der Waals surface area contributed by atoms with Crippen LogP contribution in [0.1, 0.15) is 132 Å². The Hall–Kier alpha value is -6.16. The van der Waals surface area contributed by atoms with E-state index in [9.17, 15) is 43.5 Å². The van der Waals surface area contributed by atoms with Crippen LogP contribution in [0.2, 0.25) is 0 Å². The van der Waals surface area contributed by atoms with E-state index in [1.807, 2.05) is 32.0 Å². The summed E-state index contributed by atoms with van der Waals surface area (Å²) in [7, 11) is 6.10.